The van der Waals surface area contributed by atoms with Gasteiger partial charge in [-0.2, -0.15) is 18.3 Å². The van der Waals surface area contributed by atoms with E-state index in [1.54, 1.807) is 0 Å². The van der Waals surface area contributed by atoms with E-state index in [4.69, 9.17) is 5.73 Å². The second-order valence-electron chi connectivity index (χ2n) is 2.42. The van der Waals surface area contributed by atoms with Crippen LogP contribution in [-0.2, 0) is 4.79 Å². The van der Waals surface area contributed by atoms with Crippen LogP contribution in [0.25, 0.3) is 0 Å². The second kappa shape index (κ2) is 4.89. The van der Waals surface area contributed by atoms with Crippen molar-refractivity contribution in [3.05, 3.63) is 0 Å². The Hall–Kier alpha value is -1.18. The van der Waals surface area contributed by atoms with Gasteiger partial charge in [0.1, 0.15) is 0 Å². The van der Waals surface area contributed by atoms with Gasteiger partial charge in [-0.25, -0.2) is 0 Å². The van der Waals surface area contributed by atoms with Crippen molar-refractivity contribution < 1.29 is 18.0 Å². The summed E-state index contributed by atoms with van der Waals surface area (Å²) in [7, 11) is 0. The number of nitrogens with two attached hydrogens (primary N) is 1. The number of alkyl halides is 3. The molecule has 0 aliphatic rings. The van der Waals surface area contributed by atoms with Crippen LogP contribution >= 0.6 is 12.2 Å². The van der Waals surface area contributed by atoms with Gasteiger partial charge in [-0.05, 0) is 19.1 Å². The second-order valence-corrected chi connectivity index (χ2v) is 2.86. The lowest BCUT2D eigenvalue weighted by Crippen LogP contribution is -2.28. The van der Waals surface area contributed by atoms with Gasteiger partial charge in [0.25, 0.3) is 0 Å². The van der Waals surface area contributed by atoms with Crippen LogP contribution in [0.5, 0.6) is 0 Å². The number of hydrogen-bond donors (Lipinski definition) is 2. The Bertz CT molecular complexity index is 274. The fourth-order valence-corrected chi connectivity index (χ4v) is 0.568. The lowest BCUT2D eigenvalue weighted by molar-refractivity contribution is -0.169. The van der Waals surface area contributed by atoms with E-state index >= 15 is 0 Å². The van der Waals surface area contributed by atoms with E-state index in [-0.39, 0.29) is 10.8 Å². The molecule has 0 atom stereocenters. The van der Waals surface area contributed by atoms with Gasteiger partial charge in [-0.1, -0.05) is 0 Å². The number of thiocarbonyl (C=S) groups is 1. The van der Waals surface area contributed by atoms with Gasteiger partial charge in [0.15, 0.2) is 5.11 Å². The Morgan fingerprint density at radius 1 is 1.57 bits per heavy atom. The number of nitrogens with one attached hydrogen (secondary N) is 1. The van der Waals surface area contributed by atoms with Gasteiger partial charge in [-0.15, -0.1) is 0 Å². The van der Waals surface area contributed by atoms with E-state index in [9.17, 15) is 18.0 Å². The van der Waals surface area contributed by atoms with Gasteiger partial charge in [0.2, 0.25) is 5.78 Å². The van der Waals surface area contributed by atoms with Crippen molar-refractivity contribution in [1.82, 2.24) is 5.43 Å². The summed E-state index contributed by atoms with van der Waals surface area (Å²) in [5.74, 6) is -1.86. The zero-order valence-corrected chi connectivity index (χ0v) is 8.00. The first-order valence-corrected chi connectivity index (χ1v) is 3.83. The zero-order chi connectivity index (χ0) is 11.4. The zero-order valence-electron chi connectivity index (χ0n) is 7.18. The fourth-order valence-electron chi connectivity index (χ4n) is 0.523. The molecule has 0 aliphatic heterocycles. The molecule has 0 unspecified atom stereocenters. The molecule has 8 heteroatoms. The molecule has 0 radical (unpaired) electrons. The summed E-state index contributed by atoms with van der Waals surface area (Å²) < 4.78 is 35.2. The molecule has 0 aromatic carbocycles. The Kier molecular flexibility index (Phi) is 4.48. The highest BCUT2D eigenvalue weighted by Gasteiger charge is 2.37. The molecule has 0 spiro atoms. The van der Waals surface area contributed by atoms with Crippen LogP contribution in [0.2, 0.25) is 0 Å². The number of hydrazone groups is 1. The highest BCUT2D eigenvalue weighted by molar-refractivity contribution is 7.80. The number of rotatable bonds is 3. The summed E-state index contributed by atoms with van der Waals surface area (Å²) >= 11 is 4.35. The van der Waals surface area contributed by atoms with Crippen LogP contribution in [0.15, 0.2) is 5.10 Å². The molecule has 0 heterocycles. The summed E-state index contributed by atoms with van der Waals surface area (Å²) in [6.07, 6.45) is -5.64. The van der Waals surface area contributed by atoms with Crippen molar-refractivity contribution >= 4 is 28.8 Å². The first-order chi connectivity index (χ1) is 6.23. The quantitative estimate of drug-likeness (QED) is 0.423. The van der Waals surface area contributed by atoms with Crippen LogP contribution < -0.4 is 11.2 Å². The Morgan fingerprint density at radius 2 is 2.07 bits per heavy atom. The van der Waals surface area contributed by atoms with E-state index in [1.165, 1.54) is 6.92 Å². The normalized spacial score (nSPS) is 12.4. The maximum absolute atomic E-state index is 11.7. The van der Waals surface area contributed by atoms with Crippen LogP contribution in [0.1, 0.15) is 13.3 Å². The Morgan fingerprint density at radius 3 is 2.43 bits per heavy atom. The van der Waals surface area contributed by atoms with Crippen molar-refractivity contribution in [1.29, 1.82) is 0 Å². The van der Waals surface area contributed by atoms with E-state index in [1.807, 2.05) is 0 Å². The number of halogens is 3. The topological polar surface area (TPSA) is 67.5 Å². The molecule has 0 fully saturated rings. The van der Waals surface area contributed by atoms with Gasteiger partial charge >= 0.3 is 6.18 Å². The smallest absolute Gasteiger partial charge is 0.375 e. The molecular weight excluding hydrogens is 219 g/mol. The molecule has 0 aromatic rings. The number of ketones is 1. The van der Waals surface area contributed by atoms with Crippen LogP contribution in [-0.4, -0.2) is 22.8 Å². The Labute approximate surface area is 83.3 Å². The third-order valence-corrected chi connectivity index (χ3v) is 1.18. The molecule has 3 N–H and O–H groups in total. The van der Waals surface area contributed by atoms with Gasteiger partial charge < -0.3 is 5.73 Å². The number of carbonyl (C=O) groups excluding carboxylic acids is 1. The summed E-state index contributed by atoms with van der Waals surface area (Å²) in [4.78, 5) is 10.4. The average molecular weight is 227 g/mol. The first kappa shape index (κ1) is 12.8. The maximum atomic E-state index is 11.7. The summed E-state index contributed by atoms with van der Waals surface area (Å²) in [5.41, 5.74) is 7.00. The highest BCUT2D eigenvalue weighted by atomic mass is 32.1. The monoisotopic (exact) mass is 227 g/mol. The molecule has 0 aliphatic carbocycles. The summed E-state index contributed by atoms with van der Waals surface area (Å²) in [5, 5.41) is 3.18. The minimum absolute atomic E-state index is 0.0416. The molecule has 0 saturated carbocycles. The first-order valence-electron chi connectivity index (χ1n) is 3.42. The van der Waals surface area contributed by atoms with E-state index in [0.717, 1.165) is 0 Å². The van der Waals surface area contributed by atoms with E-state index < -0.39 is 18.4 Å². The van der Waals surface area contributed by atoms with Gasteiger partial charge in [-0.3, -0.25) is 10.2 Å². The largest absolute Gasteiger partial charge is 0.450 e. The molecule has 0 amide bonds. The third kappa shape index (κ3) is 5.46. The van der Waals surface area contributed by atoms with Gasteiger partial charge in [0.05, 0.1) is 6.42 Å². The number of carbonyl (C=O) groups is 1. The van der Waals surface area contributed by atoms with Crippen LogP contribution in [0.4, 0.5) is 13.2 Å². The van der Waals surface area contributed by atoms with Crippen molar-refractivity contribution in [2.45, 2.75) is 19.5 Å². The molecule has 14 heavy (non-hydrogen) atoms. The minimum Gasteiger partial charge on any atom is -0.375 e. The Balaban J connectivity index is 4.19. The SMILES string of the molecule is C/C(CC(=O)C(F)(F)F)=N\NC(N)=S. The van der Waals surface area contributed by atoms with Crippen molar-refractivity contribution in [2.24, 2.45) is 10.8 Å². The standard InChI is InChI=1S/C6H8F3N3OS/c1-3(11-12-5(10)14)2-4(13)6(7,8)9/h2H2,1H3,(H3,10,12,14)/b11-3+. The predicted molar refractivity (Wildman–Crippen MR) is 48.7 cm³/mol. The van der Waals surface area contributed by atoms with E-state index in [0.29, 0.717) is 0 Å². The predicted octanol–water partition coefficient (Wildman–Crippen LogP) is 0.717. The minimum atomic E-state index is -4.83. The van der Waals surface area contributed by atoms with Crippen LogP contribution in [0.3, 0.4) is 0 Å². The molecule has 80 valence electrons. The van der Waals surface area contributed by atoms with Crippen molar-refractivity contribution in [2.75, 3.05) is 0 Å². The molecule has 0 saturated heterocycles. The summed E-state index contributed by atoms with van der Waals surface area (Å²) in [6, 6.07) is 0. The fraction of sp³-hybridized carbons (Fsp3) is 0.500. The highest BCUT2D eigenvalue weighted by Crippen LogP contribution is 2.17. The maximum Gasteiger partial charge on any atom is 0.450 e. The number of Topliss-reactive ketones (excluding diaryl/α,β-unsaturated/α-hetero) is 1. The van der Waals surface area contributed by atoms with Gasteiger partial charge in [0, 0.05) is 5.71 Å². The molecule has 0 rings (SSSR count). The van der Waals surface area contributed by atoms with Crippen LogP contribution in [0, 0.1) is 0 Å². The van der Waals surface area contributed by atoms with Crippen molar-refractivity contribution in [3.8, 4) is 0 Å². The molecular formula is C6H8F3N3OS. The molecule has 4 nitrogen and oxygen atoms in total. The lowest BCUT2D eigenvalue weighted by Gasteiger charge is -2.04. The number of hydrogen-bond acceptors (Lipinski definition) is 3. The molecule has 0 bridgehead atoms. The lowest BCUT2D eigenvalue weighted by atomic mass is 10.2. The number of nitrogens with zero attached hydrogens (tertiary/aromatic N) is 1. The average Bonchev–Trinajstić information content (AvgIpc) is 1.99. The summed E-state index contributed by atoms with van der Waals surface area (Å²) in [6.45, 7) is 1.26. The van der Waals surface area contributed by atoms with E-state index in [2.05, 4.69) is 22.7 Å². The van der Waals surface area contributed by atoms with Crippen molar-refractivity contribution in [3.63, 3.8) is 0 Å². The third-order valence-electron chi connectivity index (χ3n) is 1.09. The molecule has 0 aromatic heterocycles.